The van der Waals surface area contributed by atoms with Crippen LogP contribution in [0.15, 0.2) is 85.7 Å². The van der Waals surface area contributed by atoms with E-state index in [2.05, 4.69) is 21.9 Å². The molecule has 0 bridgehead atoms. The zero-order valence-corrected chi connectivity index (χ0v) is 15.9. The molecular formula is C24H17N3O3. The lowest BCUT2D eigenvalue weighted by atomic mass is 10.0. The van der Waals surface area contributed by atoms with Crippen molar-refractivity contribution in [2.75, 3.05) is 5.32 Å². The maximum absolute atomic E-state index is 13.0. The number of aliphatic carboxylic acids is 1. The third kappa shape index (κ3) is 3.66. The van der Waals surface area contributed by atoms with Crippen molar-refractivity contribution in [1.82, 2.24) is 9.97 Å². The molecule has 0 amide bonds. The molecule has 0 saturated heterocycles. The van der Waals surface area contributed by atoms with Gasteiger partial charge in [0, 0.05) is 16.5 Å². The van der Waals surface area contributed by atoms with Crippen LogP contribution in [0.1, 0.15) is 21.5 Å². The fourth-order valence-corrected chi connectivity index (χ4v) is 3.13. The van der Waals surface area contributed by atoms with Gasteiger partial charge in [0.25, 0.3) is 0 Å². The van der Waals surface area contributed by atoms with Crippen LogP contribution in [-0.2, 0) is 4.79 Å². The number of benzene rings is 3. The van der Waals surface area contributed by atoms with Gasteiger partial charge in [0.2, 0.25) is 0 Å². The largest absolute Gasteiger partial charge is 0.478 e. The highest BCUT2D eigenvalue weighted by molar-refractivity contribution is 6.15. The molecule has 0 aliphatic heterocycles. The maximum atomic E-state index is 13.0. The first-order chi connectivity index (χ1) is 14.5. The summed E-state index contributed by atoms with van der Waals surface area (Å²) in [6.07, 6.45) is 1.41. The van der Waals surface area contributed by atoms with Gasteiger partial charge in [-0.2, -0.15) is 0 Å². The maximum Gasteiger partial charge on any atom is 0.335 e. The number of fused-ring (bicyclic) bond motifs is 1. The first kappa shape index (κ1) is 19.0. The molecule has 4 aromatic rings. The van der Waals surface area contributed by atoms with Gasteiger partial charge in [0.15, 0.2) is 5.78 Å². The van der Waals surface area contributed by atoms with E-state index in [1.807, 2.05) is 24.3 Å². The number of ketones is 1. The summed E-state index contributed by atoms with van der Waals surface area (Å²) in [4.78, 5) is 32.8. The van der Waals surface area contributed by atoms with Crippen molar-refractivity contribution < 1.29 is 14.7 Å². The number of carboxylic acid groups (broad SMARTS) is 1. The molecule has 30 heavy (non-hydrogen) atoms. The lowest BCUT2D eigenvalue weighted by molar-refractivity contribution is -0.130. The van der Waals surface area contributed by atoms with E-state index in [-0.39, 0.29) is 11.4 Å². The smallest absolute Gasteiger partial charge is 0.335 e. The number of hydrogen-bond acceptors (Lipinski definition) is 5. The number of para-hydroxylation sites is 1. The van der Waals surface area contributed by atoms with Crippen molar-refractivity contribution in [2.24, 2.45) is 0 Å². The minimum absolute atomic E-state index is 0.0219. The summed E-state index contributed by atoms with van der Waals surface area (Å²) >= 11 is 0. The minimum Gasteiger partial charge on any atom is -0.478 e. The molecule has 0 aliphatic rings. The Hall–Kier alpha value is -4.32. The molecule has 0 atom stereocenters. The summed E-state index contributed by atoms with van der Waals surface area (Å²) in [7, 11) is 0. The molecule has 1 aromatic heterocycles. The van der Waals surface area contributed by atoms with Gasteiger partial charge in [0.05, 0.1) is 16.8 Å². The lowest BCUT2D eigenvalue weighted by Crippen LogP contribution is -2.06. The number of aromatic nitrogens is 2. The molecule has 0 radical (unpaired) electrons. The van der Waals surface area contributed by atoms with Crippen molar-refractivity contribution in [3.05, 3.63) is 102 Å². The standard InChI is InChI=1S/C24H17N3O3/c1-15(24(29)30)17-11-12-20-19(13-17)23(26-14-25-20)27-21-10-6-5-9-18(21)22(28)16-7-3-2-4-8-16/h2-14H,1H2,(H,29,30)(H,25,26,27). The first-order valence-corrected chi connectivity index (χ1v) is 9.18. The van der Waals surface area contributed by atoms with E-state index in [1.54, 1.807) is 48.5 Å². The molecule has 146 valence electrons. The number of carboxylic acids is 1. The molecule has 6 nitrogen and oxygen atoms in total. The molecule has 0 saturated carbocycles. The van der Waals surface area contributed by atoms with E-state index >= 15 is 0 Å². The first-order valence-electron chi connectivity index (χ1n) is 9.18. The topological polar surface area (TPSA) is 92.2 Å². The monoisotopic (exact) mass is 395 g/mol. The molecular weight excluding hydrogens is 378 g/mol. The van der Waals surface area contributed by atoms with Gasteiger partial charge in [-0.05, 0) is 29.8 Å². The minimum atomic E-state index is -1.10. The van der Waals surface area contributed by atoms with Gasteiger partial charge in [-0.1, -0.05) is 55.1 Å². The highest BCUT2D eigenvalue weighted by Gasteiger charge is 2.15. The van der Waals surface area contributed by atoms with Crippen molar-refractivity contribution in [3.8, 4) is 0 Å². The van der Waals surface area contributed by atoms with Gasteiger partial charge in [0.1, 0.15) is 12.1 Å². The van der Waals surface area contributed by atoms with Gasteiger partial charge in [-0.15, -0.1) is 0 Å². The fourth-order valence-electron chi connectivity index (χ4n) is 3.13. The SMILES string of the molecule is C=C(C(=O)O)c1ccc2ncnc(Nc3ccccc3C(=O)c3ccccc3)c2c1. The van der Waals surface area contributed by atoms with Crippen molar-refractivity contribution in [2.45, 2.75) is 0 Å². The third-order valence-corrected chi connectivity index (χ3v) is 4.70. The van der Waals surface area contributed by atoms with E-state index < -0.39 is 5.97 Å². The fraction of sp³-hybridized carbons (Fsp3) is 0. The van der Waals surface area contributed by atoms with E-state index in [0.29, 0.717) is 39.1 Å². The Balaban J connectivity index is 1.77. The lowest BCUT2D eigenvalue weighted by Gasteiger charge is -2.13. The third-order valence-electron chi connectivity index (χ3n) is 4.70. The number of carbonyl (C=O) groups excluding carboxylic acids is 1. The predicted molar refractivity (Wildman–Crippen MR) is 116 cm³/mol. The van der Waals surface area contributed by atoms with Crippen LogP contribution in [0, 0.1) is 0 Å². The summed E-state index contributed by atoms with van der Waals surface area (Å²) in [5.74, 6) is -0.745. The van der Waals surface area contributed by atoms with Crippen LogP contribution in [0.5, 0.6) is 0 Å². The second-order valence-corrected chi connectivity index (χ2v) is 6.60. The quantitative estimate of drug-likeness (QED) is 0.363. The molecule has 3 aromatic carbocycles. The zero-order valence-electron chi connectivity index (χ0n) is 15.9. The molecule has 6 heteroatoms. The number of hydrogen-bond donors (Lipinski definition) is 2. The van der Waals surface area contributed by atoms with Crippen LogP contribution in [0.4, 0.5) is 11.5 Å². The normalized spacial score (nSPS) is 10.5. The van der Waals surface area contributed by atoms with E-state index in [4.69, 9.17) is 0 Å². The van der Waals surface area contributed by atoms with E-state index in [9.17, 15) is 14.7 Å². The van der Waals surface area contributed by atoms with E-state index in [0.717, 1.165) is 0 Å². The van der Waals surface area contributed by atoms with Crippen LogP contribution in [0.2, 0.25) is 0 Å². The van der Waals surface area contributed by atoms with Crippen molar-refractivity contribution >= 4 is 39.7 Å². The van der Waals surface area contributed by atoms with Gasteiger partial charge < -0.3 is 10.4 Å². The van der Waals surface area contributed by atoms with Crippen LogP contribution < -0.4 is 5.32 Å². The molecule has 0 spiro atoms. The summed E-state index contributed by atoms with van der Waals surface area (Å²) in [6, 6.07) is 21.2. The van der Waals surface area contributed by atoms with Crippen LogP contribution in [0.25, 0.3) is 16.5 Å². The Morgan fingerprint density at radius 3 is 2.37 bits per heavy atom. The Morgan fingerprint density at radius 1 is 0.867 bits per heavy atom. The molecule has 2 N–H and O–H groups in total. The Bertz CT molecular complexity index is 1280. The number of nitrogens with one attached hydrogen (secondary N) is 1. The number of nitrogens with zero attached hydrogens (tertiary/aromatic N) is 2. The molecule has 0 aliphatic carbocycles. The molecule has 0 fully saturated rings. The van der Waals surface area contributed by atoms with Gasteiger partial charge >= 0.3 is 5.97 Å². The number of anilines is 2. The highest BCUT2D eigenvalue weighted by Crippen LogP contribution is 2.28. The van der Waals surface area contributed by atoms with Gasteiger partial charge in [-0.3, -0.25) is 4.79 Å². The second kappa shape index (κ2) is 7.97. The van der Waals surface area contributed by atoms with Gasteiger partial charge in [-0.25, -0.2) is 14.8 Å². The van der Waals surface area contributed by atoms with Crippen LogP contribution >= 0.6 is 0 Å². The summed E-state index contributed by atoms with van der Waals surface area (Å²) in [5, 5.41) is 13.1. The molecule has 4 rings (SSSR count). The average Bonchev–Trinajstić information content (AvgIpc) is 2.79. The Kier molecular flexibility index (Phi) is 5.05. The highest BCUT2D eigenvalue weighted by atomic mass is 16.4. The average molecular weight is 395 g/mol. The second-order valence-electron chi connectivity index (χ2n) is 6.60. The van der Waals surface area contributed by atoms with Crippen molar-refractivity contribution in [1.29, 1.82) is 0 Å². The van der Waals surface area contributed by atoms with Crippen LogP contribution in [-0.4, -0.2) is 26.8 Å². The zero-order chi connectivity index (χ0) is 21.1. The predicted octanol–water partition coefficient (Wildman–Crippen LogP) is 4.70. The van der Waals surface area contributed by atoms with E-state index in [1.165, 1.54) is 6.33 Å². The Morgan fingerprint density at radius 2 is 1.60 bits per heavy atom. The summed E-state index contributed by atoms with van der Waals surface area (Å²) < 4.78 is 0. The summed E-state index contributed by atoms with van der Waals surface area (Å²) in [6.45, 7) is 3.61. The molecule has 1 heterocycles. The van der Waals surface area contributed by atoms with Crippen LogP contribution in [0.3, 0.4) is 0 Å². The Labute approximate surface area is 172 Å². The number of rotatable bonds is 6. The number of carbonyl (C=O) groups is 2. The summed E-state index contributed by atoms with van der Waals surface area (Å²) in [5.41, 5.74) is 2.75. The van der Waals surface area contributed by atoms with Crippen molar-refractivity contribution in [3.63, 3.8) is 0 Å². The molecule has 0 unspecified atom stereocenters.